The second-order valence-electron chi connectivity index (χ2n) is 7.66. The van der Waals surface area contributed by atoms with Gasteiger partial charge in [-0.25, -0.2) is 0 Å². The number of anilines is 1. The molecule has 1 aromatic heterocycles. The Bertz CT molecular complexity index is 1630. The average Bonchev–Trinajstić information content (AvgIpc) is 2.76. The highest BCUT2D eigenvalue weighted by Crippen LogP contribution is 2.41. The molecule has 5 rings (SSSR count). The Kier molecular flexibility index (Phi) is 4.34. The maximum absolute atomic E-state index is 13.4. The maximum Gasteiger partial charge on any atom is 0.294 e. The minimum absolute atomic E-state index is 0.157. The summed E-state index contributed by atoms with van der Waals surface area (Å²) in [7, 11) is -2.76. The number of aromatic nitrogens is 1. The van der Waals surface area contributed by atoms with E-state index in [0.717, 1.165) is 0 Å². The maximum atomic E-state index is 13.4. The lowest BCUT2D eigenvalue weighted by Gasteiger charge is -2.24. The fourth-order valence-electron chi connectivity index (χ4n) is 4.41. The molecule has 0 spiro atoms. The summed E-state index contributed by atoms with van der Waals surface area (Å²) >= 11 is 0. The monoisotopic (exact) mass is 446 g/mol. The molecule has 0 saturated heterocycles. The van der Waals surface area contributed by atoms with Gasteiger partial charge in [0.05, 0.1) is 21.7 Å². The normalized spacial score (nSPS) is 12.7. The third kappa shape index (κ3) is 2.80. The molecule has 0 amide bonds. The van der Waals surface area contributed by atoms with Crippen LogP contribution in [0.15, 0.2) is 70.4 Å². The number of carbonyl (C=O) groups excluding carboxylic acids is 1. The van der Waals surface area contributed by atoms with Gasteiger partial charge in [-0.3, -0.25) is 18.7 Å². The molecule has 0 unspecified atom stereocenters. The number of hydrogen-bond acceptors (Lipinski definition) is 5. The van der Waals surface area contributed by atoms with Crippen LogP contribution in [0.5, 0.6) is 0 Å². The van der Waals surface area contributed by atoms with E-state index in [-0.39, 0.29) is 21.9 Å². The summed E-state index contributed by atoms with van der Waals surface area (Å²) in [5, 5.41) is 3.66. The number of aryl methyl sites for hydroxylation is 1. The summed E-state index contributed by atoms with van der Waals surface area (Å²) in [5.41, 5.74) is 3.63. The van der Waals surface area contributed by atoms with Crippen molar-refractivity contribution in [3.8, 4) is 16.8 Å². The molecule has 0 atom stereocenters. The van der Waals surface area contributed by atoms with Crippen molar-refractivity contribution in [2.75, 3.05) is 12.4 Å². The lowest BCUT2D eigenvalue weighted by atomic mass is 9.83. The lowest BCUT2D eigenvalue weighted by molar-refractivity contribution is 0.104. The zero-order chi connectivity index (χ0) is 22.8. The van der Waals surface area contributed by atoms with Crippen molar-refractivity contribution in [1.82, 2.24) is 4.57 Å². The largest absolute Gasteiger partial charge is 0.388 e. The first-order valence-corrected chi connectivity index (χ1v) is 11.3. The summed E-state index contributed by atoms with van der Waals surface area (Å²) in [6.45, 7) is 1.56. The van der Waals surface area contributed by atoms with E-state index in [4.69, 9.17) is 0 Å². The van der Waals surface area contributed by atoms with Gasteiger partial charge in [0.2, 0.25) is 0 Å². The molecule has 1 aliphatic rings. The Morgan fingerprint density at radius 1 is 0.906 bits per heavy atom. The van der Waals surface area contributed by atoms with Crippen LogP contribution in [0.2, 0.25) is 0 Å². The van der Waals surface area contributed by atoms with Gasteiger partial charge in [0.25, 0.3) is 15.7 Å². The molecule has 0 radical (unpaired) electrons. The number of carbonyl (C=O) groups is 1. The summed E-state index contributed by atoms with van der Waals surface area (Å²) in [6, 6.07) is 16.5. The fourth-order valence-corrected chi connectivity index (χ4v) is 5.15. The van der Waals surface area contributed by atoms with Gasteiger partial charge in [-0.05, 0) is 47.9 Å². The molecule has 0 saturated carbocycles. The van der Waals surface area contributed by atoms with Crippen LogP contribution in [0.25, 0.3) is 27.7 Å². The predicted octanol–water partition coefficient (Wildman–Crippen LogP) is 3.80. The Hall–Kier alpha value is -3.75. The number of fused-ring (bicyclic) bond motifs is 2. The van der Waals surface area contributed by atoms with Crippen LogP contribution in [0.3, 0.4) is 0 Å². The number of pyridine rings is 1. The fraction of sp³-hybridized carbons (Fsp3) is 0.0833. The quantitative estimate of drug-likeness (QED) is 0.409. The third-order valence-corrected chi connectivity index (χ3v) is 6.84. The Morgan fingerprint density at radius 3 is 2.31 bits per heavy atom. The second-order valence-corrected chi connectivity index (χ2v) is 9.05. The topological polar surface area (TPSA) is 105 Å². The molecule has 32 heavy (non-hydrogen) atoms. The van der Waals surface area contributed by atoms with E-state index in [1.807, 2.05) is 12.1 Å². The standard InChI is InChI=1S/C24H18N2O5S/c1-13-7-8-14(11-20(13)32(29,30)31)26-19-10-9-18(25-2)23-22(19)17(12-21(26)27)15-5-3-4-6-16(15)24(23)28/h3-12,25H,1-2H3,(H,29,30,31). The number of nitrogens with zero attached hydrogens (tertiary/aromatic N) is 1. The zero-order valence-corrected chi connectivity index (χ0v) is 18.0. The number of rotatable bonds is 3. The smallest absolute Gasteiger partial charge is 0.294 e. The molecule has 160 valence electrons. The van der Waals surface area contributed by atoms with E-state index >= 15 is 0 Å². The van der Waals surface area contributed by atoms with Crippen molar-refractivity contribution in [2.45, 2.75) is 11.8 Å². The van der Waals surface area contributed by atoms with Gasteiger partial charge in [0.1, 0.15) is 0 Å². The molecule has 4 aromatic rings. The van der Waals surface area contributed by atoms with Gasteiger partial charge in [-0.1, -0.05) is 30.3 Å². The van der Waals surface area contributed by atoms with Crippen LogP contribution in [0.4, 0.5) is 5.69 Å². The van der Waals surface area contributed by atoms with E-state index in [0.29, 0.717) is 44.4 Å². The van der Waals surface area contributed by atoms with Crippen LogP contribution in [-0.2, 0) is 10.1 Å². The van der Waals surface area contributed by atoms with Gasteiger partial charge < -0.3 is 5.32 Å². The molecule has 0 fully saturated rings. The number of benzene rings is 3. The van der Waals surface area contributed by atoms with Crippen molar-refractivity contribution < 1.29 is 17.8 Å². The van der Waals surface area contributed by atoms with Crippen LogP contribution in [-0.4, -0.2) is 30.4 Å². The van der Waals surface area contributed by atoms with Crippen LogP contribution in [0, 0.1) is 6.92 Å². The van der Waals surface area contributed by atoms with Crippen LogP contribution < -0.4 is 10.9 Å². The van der Waals surface area contributed by atoms with Crippen molar-refractivity contribution in [2.24, 2.45) is 0 Å². The Morgan fingerprint density at radius 2 is 1.62 bits per heavy atom. The van der Waals surface area contributed by atoms with Crippen molar-refractivity contribution in [1.29, 1.82) is 0 Å². The van der Waals surface area contributed by atoms with E-state index in [9.17, 15) is 22.6 Å². The molecule has 7 nitrogen and oxygen atoms in total. The number of hydrogen-bond donors (Lipinski definition) is 2. The van der Waals surface area contributed by atoms with E-state index in [1.165, 1.54) is 22.8 Å². The van der Waals surface area contributed by atoms with Crippen LogP contribution >= 0.6 is 0 Å². The summed E-state index contributed by atoms with van der Waals surface area (Å²) in [6.07, 6.45) is 0. The van der Waals surface area contributed by atoms with Gasteiger partial charge in [-0.15, -0.1) is 0 Å². The van der Waals surface area contributed by atoms with Gasteiger partial charge >= 0.3 is 0 Å². The summed E-state index contributed by atoms with van der Waals surface area (Å²) < 4.78 is 34.6. The van der Waals surface area contributed by atoms with Gasteiger partial charge in [0, 0.05) is 29.8 Å². The van der Waals surface area contributed by atoms with Crippen molar-refractivity contribution >= 4 is 32.5 Å². The Balaban J connectivity index is 1.95. The molecular formula is C24H18N2O5S. The Labute approximate surface area is 183 Å². The highest BCUT2D eigenvalue weighted by atomic mass is 32.2. The highest BCUT2D eigenvalue weighted by Gasteiger charge is 2.29. The summed E-state index contributed by atoms with van der Waals surface area (Å²) in [4.78, 5) is 26.4. The van der Waals surface area contributed by atoms with Gasteiger partial charge in [-0.2, -0.15) is 8.42 Å². The SMILES string of the molecule is CNc1ccc2c3c(cc(=O)n2-c2ccc(C)c(S(=O)(=O)O)c2)-c2ccccc2C(=O)c13. The number of nitrogens with one attached hydrogen (secondary N) is 1. The highest BCUT2D eigenvalue weighted by molar-refractivity contribution is 7.85. The average molecular weight is 446 g/mol. The van der Waals surface area contributed by atoms with E-state index in [2.05, 4.69) is 5.32 Å². The minimum atomic E-state index is -4.48. The third-order valence-electron chi connectivity index (χ3n) is 5.85. The second kappa shape index (κ2) is 6.88. The first-order valence-electron chi connectivity index (χ1n) is 9.85. The molecule has 1 heterocycles. The van der Waals surface area contributed by atoms with Crippen molar-refractivity contribution in [3.63, 3.8) is 0 Å². The summed E-state index contributed by atoms with van der Waals surface area (Å²) in [5.74, 6) is -0.157. The lowest BCUT2D eigenvalue weighted by Crippen LogP contribution is -2.22. The number of ketones is 1. The van der Waals surface area contributed by atoms with E-state index in [1.54, 1.807) is 44.3 Å². The minimum Gasteiger partial charge on any atom is -0.388 e. The molecule has 0 bridgehead atoms. The van der Waals surface area contributed by atoms with Gasteiger partial charge in [0.15, 0.2) is 5.78 Å². The molecule has 1 aliphatic carbocycles. The molecular weight excluding hydrogens is 428 g/mol. The zero-order valence-electron chi connectivity index (χ0n) is 17.2. The first-order chi connectivity index (χ1) is 15.2. The molecule has 3 aromatic carbocycles. The first kappa shape index (κ1) is 20.2. The van der Waals surface area contributed by atoms with Crippen LogP contribution in [0.1, 0.15) is 21.5 Å². The molecule has 2 N–H and O–H groups in total. The molecule has 0 aliphatic heterocycles. The van der Waals surface area contributed by atoms with Crippen molar-refractivity contribution in [3.05, 3.63) is 87.7 Å². The molecule has 8 heteroatoms. The predicted molar refractivity (Wildman–Crippen MR) is 123 cm³/mol. The van der Waals surface area contributed by atoms with E-state index < -0.39 is 10.1 Å².